The van der Waals surface area contributed by atoms with Gasteiger partial charge in [0.15, 0.2) is 0 Å². The van der Waals surface area contributed by atoms with Crippen LogP contribution in [0.15, 0.2) is 35.1 Å². The Morgan fingerprint density at radius 2 is 1.93 bits per heavy atom. The summed E-state index contributed by atoms with van der Waals surface area (Å²) in [5, 5.41) is 0. The van der Waals surface area contributed by atoms with Crippen molar-refractivity contribution in [2.24, 2.45) is 5.92 Å². The highest BCUT2D eigenvalue weighted by molar-refractivity contribution is 7.99. The molecule has 0 saturated carbocycles. The number of hydrogen-bond donors (Lipinski definition) is 1. The normalized spacial score (nSPS) is 18.4. The Kier molecular flexibility index (Phi) is 6.20. The van der Waals surface area contributed by atoms with Crippen molar-refractivity contribution in [3.05, 3.63) is 46.2 Å². The summed E-state index contributed by atoms with van der Waals surface area (Å²) in [6.45, 7) is 11.2. The number of aromatic amines is 1. The molecule has 0 amide bonds. The monoisotopic (exact) mass is 413 g/mol. The SMILES string of the molecule is CCN1CCOc2ccc(-c3ccc(C(C(C)C)N4CCSCC4)c(=O)[nH]3)cc21. The number of hydrogen-bond acceptors (Lipinski definition) is 5. The number of aromatic nitrogens is 1. The van der Waals surface area contributed by atoms with Crippen molar-refractivity contribution in [1.82, 2.24) is 9.88 Å². The van der Waals surface area contributed by atoms with Gasteiger partial charge in [-0.05, 0) is 43.2 Å². The molecule has 1 unspecified atom stereocenters. The van der Waals surface area contributed by atoms with Crippen LogP contribution in [0.2, 0.25) is 0 Å². The molecule has 1 saturated heterocycles. The van der Waals surface area contributed by atoms with E-state index in [0.717, 1.165) is 72.5 Å². The van der Waals surface area contributed by atoms with Gasteiger partial charge in [-0.25, -0.2) is 0 Å². The minimum absolute atomic E-state index is 0.0285. The second-order valence-electron chi connectivity index (χ2n) is 8.10. The van der Waals surface area contributed by atoms with Gasteiger partial charge in [-0.3, -0.25) is 9.69 Å². The number of likely N-dealkylation sites (N-methyl/N-ethyl adjacent to an activating group) is 1. The summed E-state index contributed by atoms with van der Waals surface area (Å²) in [5.74, 6) is 3.60. The molecule has 0 spiro atoms. The Labute approximate surface area is 177 Å². The van der Waals surface area contributed by atoms with Crippen LogP contribution in [0.4, 0.5) is 5.69 Å². The average Bonchev–Trinajstić information content (AvgIpc) is 2.74. The second kappa shape index (κ2) is 8.84. The summed E-state index contributed by atoms with van der Waals surface area (Å²) >= 11 is 2.00. The van der Waals surface area contributed by atoms with E-state index >= 15 is 0 Å². The third-order valence-electron chi connectivity index (χ3n) is 5.94. The van der Waals surface area contributed by atoms with E-state index < -0.39 is 0 Å². The maximum Gasteiger partial charge on any atom is 0.253 e. The Morgan fingerprint density at radius 3 is 2.62 bits per heavy atom. The Bertz CT molecular complexity index is 905. The number of anilines is 1. The molecule has 3 heterocycles. The summed E-state index contributed by atoms with van der Waals surface area (Å²) in [4.78, 5) is 21.0. The van der Waals surface area contributed by atoms with E-state index in [0.29, 0.717) is 5.92 Å². The standard InChI is InChI=1S/C23H31N3O2S/c1-4-25-9-12-28-21-8-5-17(15-20(21)25)19-7-6-18(23(27)24-19)22(16(2)3)26-10-13-29-14-11-26/h5-8,15-16,22H,4,9-14H2,1-3H3,(H,24,27). The van der Waals surface area contributed by atoms with Crippen LogP contribution in [-0.4, -0.2) is 54.2 Å². The van der Waals surface area contributed by atoms with Gasteiger partial charge in [-0.2, -0.15) is 11.8 Å². The molecule has 1 fully saturated rings. The van der Waals surface area contributed by atoms with Gasteiger partial charge in [0.25, 0.3) is 5.56 Å². The van der Waals surface area contributed by atoms with Crippen LogP contribution in [0.25, 0.3) is 11.3 Å². The molecule has 0 radical (unpaired) electrons. The van der Waals surface area contributed by atoms with Gasteiger partial charge in [-0.1, -0.05) is 13.8 Å². The van der Waals surface area contributed by atoms with Crippen molar-refractivity contribution in [3.8, 4) is 17.0 Å². The van der Waals surface area contributed by atoms with E-state index in [1.807, 2.05) is 30.0 Å². The van der Waals surface area contributed by atoms with E-state index in [2.05, 4.69) is 47.7 Å². The molecule has 1 aromatic heterocycles. The van der Waals surface area contributed by atoms with Gasteiger partial charge in [0.05, 0.1) is 12.2 Å². The molecule has 6 heteroatoms. The van der Waals surface area contributed by atoms with Crippen molar-refractivity contribution < 1.29 is 4.74 Å². The van der Waals surface area contributed by atoms with E-state index in [4.69, 9.17) is 4.74 Å². The van der Waals surface area contributed by atoms with E-state index in [9.17, 15) is 4.79 Å². The van der Waals surface area contributed by atoms with Crippen LogP contribution in [0.1, 0.15) is 32.4 Å². The molecule has 0 aliphatic carbocycles. The van der Waals surface area contributed by atoms with Crippen molar-refractivity contribution >= 4 is 17.4 Å². The Hall–Kier alpha value is -1.92. The lowest BCUT2D eigenvalue weighted by Gasteiger charge is -2.36. The summed E-state index contributed by atoms with van der Waals surface area (Å²) in [6.07, 6.45) is 0. The number of benzene rings is 1. The predicted octanol–water partition coefficient (Wildman–Crippen LogP) is 4.01. The van der Waals surface area contributed by atoms with Gasteiger partial charge in [0, 0.05) is 54.0 Å². The molecule has 2 aromatic rings. The molecule has 1 atom stereocenters. The molecular weight excluding hydrogens is 382 g/mol. The van der Waals surface area contributed by atoms with Gasteiger partial charge in [0.1, 0.15) is 12.4 Å². The lowest BCUT2D eigenvalue weighted by atomic mass is 9.94. The summed E-state index contributed by atoms with van der Waals surface area (Å²) in [5.41, 5.74) is 3.90. The van der Waals surface area contributed by atoms with Gasteiger partial charge < -0.3 is 14.6 Å². The zero-order valence-corrected chi connectivity index (χ0v) is 18.4. The molecule has 1 aromatic carbocycles. The highest BCUT2D eigenvalue weighted by atomic mass is 32.2. The van der Waals surface area contributed by atoms with Gasteiger partial charge in [-0.15, -0.1) is 0 Å². The average molecular weight is 414 g/mol. The van der Waals surface area contributed by atoms with E-state index in [1.165, 1.54) is 0 Å². The summed E-state index contributed by atoms with van der Waals surface area (Å²) in [6, 6.07) is 10.4. The van der Waals surface area contributed by atoms with E-state index in [1.54, 1.807) is 0 Å². The molecule has 4 rings (SSSR count). The van der Waals surface area contributed by atoms with E-state index in [-0.39, 0.29) is 11.6 Å². The quantitative estimate of drug-likeness (QED) is 0.803. The first-order valence-corrected chi connectivity index (χ1v) is 11.8. The number of pyridine rings is 1. The first-order chi connectivity index (χ1) is 14.1. The number of nitrogens with one attached hydrogen (secondary N) is 1. The fourth-order valence-corrected chi connectivity index (χ4v) is 5.42. The number of rotatable bonds is 5. The molecular formula is C23H31N3O2S. The van der Waals surface area contributed by atoms with Crippen molar-refractivity contribution in [2.45, 2.75) is 26.8 Å². The fraction of sp³-hybridized carbons (Fsp3) is 0.522. The minimum atomic E-state index is 0.0285. The molecule has 29 heavy (non-hydrogen) atoms. The maximum atomic E-state index is 13.1. The molecule has 156 valence electrons. The smallest absolute Gasteiger partial charge is 0.253 e. The van der Waals surface area contributed by atoms with Crippen molar-refractivity contribution in [2.75, 3.05) is 49.2 Å². The van der Waals surface area contributed by atoms with Crippen LogP contribution >= 0.6 is 11.8 Å². The third-order valence-corrected chi connectivity index (χ3v) is 6.88. The lowest BCUT2D eigenvalue weighted by Crippen LogP contribution is -2.40. The molecule has 5 nitrogen and oxygen atoms in total. The predicted molar refractivity (Wildman–Crippen MR) is 122 cm³/mol. The number of thioether (sulfide) groups is 1. The zero-order chi connectivity index (χ0) is 20.4. The third kappa shape index (κ3) is 4.19. The van der Waals surface area contributed by atoms with Crippen LogP contribution < -0.4 is 15.2 Å². The summed E-state index contributed by atoms with van der Waals surface area (Å²) in [7, 11) is 0. The highest BCUT2D eigenvalue weighted by Gasteiger charge is 2.27. The molecule has 1 N–H and O–H groups in total. The highest BCUT2D eigenvalue weighted by Crippen LogP contribution is 2.35. The van der Waals surface area contributed by atoms with Crippen LogP contribution in [-0.2, 0) is 0 Å². The fourth-order valence-electron chi connectivity index (χ4n) is 4.49. The zero-order valence-electron chi connectivity index (χ0n) is 17.6. The number of fused-ring (bicyclic) bond motifs is 1. The van der Waals surface area contributed by atoms with Crippen molar-refractivity contribution in [1.29, 1.82) is 0 Å². The largest absolute Gasteiger partial charge is 0.490 e. The maximum absolute atomic E-state index is 13.1. The topological polar surface area (TPSA) is 48.6 Å². The Balaban J connectivity index is 1.66. The number of H-pyrrole nitrogens is 1. The van der Waals surface area contributed by atoms with Gasteiger partial charge in [0.2, 0.25) is 0 Å². The van der Waals surface area contributed by atoms with Crippen LogP contribution in [0.5, 0.6) is 5.75 Å². The molecule has 0 bridgehead atoms. The van der Waals surface area contributed by atoms with Crippen molar-refractivity contribution in [3.63, 3.8) is 0 Å². The second-order valence-corrected chi connectivity index (χ2v) is 9.33. The first kappa shape index (κ1) is 20.4. The van der Waals surface area contributed by atoms with Crippen LogP contribution in [0.3, 0.4) is 0 Å². The van der Waals surface area contributed by atoms with Gasteiger partial charge >= 0.3 is 0 Å². The lowest BCUT2D eigenvalue weighted by molar-refractivity contribution is 0.170. The molecule has 2 aliphatic rings. The van der Waals surface area contributed by atoms with Crippen LogP contribution in [0, 0.1) is 5.92 Å². The number of nitrogens with zero attached hydrogens (tertiary/aromatic N) is 2. The Morgan fingerprint density at radius 1 is 1.14 bits per heavy atom. The summed E-state index contributed by atoms with van der Waals surface area (Å²) < 4.78 is 5.79. The number of ether oxygens (including phenoxy) is 1. The first-order valence-electron chi connectivity index (χ1n) is 10.7. The molecule has 2 aliphatic heterocycles. The minimum Gasteiger partial charge on any atom is -0.490 e.